The van der Waals surface area contributed by atoms with Gasteiger partial charge in [0.25, 0.3) is 0 Å². The normalized spacial score (nSPS) is 11.8. The SMILES string of the molecule is CN=C(NCCc1c(C)noc1C)N(C)Cc1cc(Cl)cn1C. The van der Waals surface area contributed by atoms with Gasteiger partial charge in [0, 0.05) is 45.1 Å². The van der Waals surface area contributed by atoms with Crippen LogP contribution in [0.1, 0.15) is 22.7 Å². The van der Waals surface area contributed by atoms with Crippen LogP contribution < -0.4 is 5.32 Å². The topological polar surface area (TPSA) is 58.6 Å². The Hall–Kier alpha value is -1.95. The van der Waals surface area contributed by atoms with Gasteiger partial charge in [0.1, 0.15) is 5.76 Å². The van der Waals surface area contributed by atoms with Crippen LogP contribution in [-0.2, 0) is 20.0 Å². The molecule has 0 saturated carbocycles. The fourth-order valence-corrected chi connectivity index (χ4v) is 2.86. The lowest BCUT2D eigenvalue weighted by molar-refractivity contribution is 0.392. The van der Waals surface area contributed by atoms with Gasteiger partial charge < -0.3 is 19.3 Å². The summed E-state index contributed by atoms with van der Waals surface area (Å²) < 4.78 is 7.21. The standard InChI is InChI=1S/C16H24ClN5O/c1-11-15(12(2)23-20-11)6-7-19-16(18-3)22(5)10-14-8-13(17)9-21(14)4/h8-9H,6-7,10H2,1-5H3,(H,18,19). The van der Waals surface area contributed by atoms with Crippen molar-refractivity contribution in [3.63, 3.8) is 0 Å². The molecule has 2 aromatic rings. The predicted molar refractivity (Wildman–Crippen MR) is 92.9 cm³/mol. The molecule has 23 heavy (non-hydrogen) atoms. The number of halogens is 1. The number of rotatable bonds is 5. The van der Waals surface area contributed by atoms with E-state index in [-0.39, 0.29) is 0 Å². The first-order valence-corrected chi connectivity index (χ1v) is 7.94. The molecule has 0 spiro atoms. The molecule has 126 valence electrons. The van der Waals surface area contributed by atoms with Gasteiger partial charge in [-0.25, -0.2) is 0 Å². The van der Waals surface area contributed by atoms with Crippen LogP contribution in [0.15, 0.2) is 21.8 Å². The van der Waals surface area contributed by atoms with Crippen LogP contribution in [0, 0.1) is 13.8 Å². The van der Waals surface area contributed by atoms with Gasteiger partial charge in [0.05, 0.1) is 17.3 Å². The fourth-order valence-electron chi connectivity index (χ4n) is 2.58. The van der Waals surface area contributed by atoms with E-state index in [0.717, 1.165) is 53.2 Å². The first-order valence-electron chi connectivity index (χ1n) is 7.56. The molecule has 7 heteroatoms. The lowest BCUT2D eigenvalue weighted by Crippen LogP contribution is -2.39. The van der Waals surface area contributed by atoms with E-state index in [0.29, 0.717) is 0 Å². The highest BCUT2D eigenvalue weighted by Crippen LogP contribution is 2.14. The molecule has 0 atom stereocenters. The van der Waals surface area contributed by atoms with E-state index in [1.165, 1.54) is 0 Å². The van der Waals surface area contributed by atoms with Crippen LogP contribution in [0.3, 0.4) is 0 Å². The molecule has 0 aliphatic carbocycles. The molecule has 6 nitrogen and oxygen atoms in total. The fraction of sp³-hybridized carbons (Fsp3) is 0.500. The third kappa shape index (κ3) is 4.28. The van der Waals surface area contributed by atoms with Crippen LogP contribution >= 0.6 is 11.6 Å². The van der Waals surface area contributed by atoms with Crippen molar-refractivity contribution in [1.29, 1.82) is 0 Å². The molecule has 0 unspecified atom stereocenters. The number of guanidine groups is 1. The zero-order valence-corrected chi connectivity index (χ0v) is 15.1. The Kier molecular flexibility index (Phi) is 5.71. The average Bonchev–Trinajstić information content (AvgIpc) is 2.98. The van der Waals surface area contributed by atoms with Gasteiger partial charge in [-0.05, 0) is 26.3 Å². The van der Waals surface area contributed by atoms with Crippen LogP contribution in [0.2, 0.25) is 5.02 Å². The number of nitrogens with one attached hydrogen (secondary N) is 1. The summed E-state index contributed by atoms with van der Waals surface area (Å²) in [5.41, 5.74) is 3.24. The summed E-state index contributed by atoms with van der Waals surface area (Å²) in [7, 11) is 5.78. The minimum absolute atomic E-state index is 0.730. The van der Waals surface area contributed by atoms with E-state index in [9.17, 15) is 0 Å². The molecule has 2 rings (SSSR count). The van der Waals surface area contributed by atoms with E-state index >= 15 is 0 Å². The van der Waals surface area contributed by atoms with Gasteiger partial charge >= 0.3 is 0 Å². The maximum Gasteiger partial charge on any atom is 0.193 e. The highest BCUT2D eigenvalue weighted by Gasteiger charge is 2.11. The zero-order chi connectivity index (χ0) is 17.0. The number of hydrogen-bond acceptors (Lipinski definition) is 3. The molecule has 0 bridgehead atoms. The average molecular weight is 338 g/mol. The Labute approximate surface area is 142 Å². The number of nitrogens with zero attached hydrogens (tertiary/aromatic N) is 4. The third-order valence-electron chi connectivity index (χ3n) is 3.89. The number of aliphatic imine (C=N–C) groups is 1. The summed E-state index contributed by atoms with van der Waals surface area (Å²) in [6.07, 6.45) is 2.75. The molecule has 0 saturated heterocycles. The third-order valence-corrected chi connectivity index (χ3v) is 4.09. The van der Waals surface area contributed by atoms with E-state index in [4.69, 9.17) is 16.1 Å². The van der Waals surface area contributed by atoms with Crippen molar-refractivity contribution >= 4 is 17.6 Å². The number of aromatic nitrogens is 2. The van der Waals surface area contributed by atoms with Crippen molar-refractivity contribution in [3.05, 3.63) is 40.0 Å². The molecule has 1 N–H and O–H groups in total. The molecular weight excluding hydrogens is 314 g/mol. The van der Waals surface area contributed by atoms with Crippen molar-refractivity contribution in [3.8, 4) is 0 Å². The van der Waals surface area contributed by atoms with E-state index in [2.05, 4.69) is 20.4 Å². The summed E-state index contributed by atoms with van der Waals surface area (Å²) in [5.74, 6) is 1.72. The van der Waals surface area contributed by atoms with Crippen molar-refractivity contribution < 1.29 is 4.52 Å². The second-order valence-corrected chi connectivity index (χ2v) is 6.08. The molecule has 0 aliphatic rings. The lowest BCUT2D eigenvalue weighted by Gasteiger charge is -2.22. The van der Waals surface area contributed by atoms with Crippen molar-refractivity contribution in [2.45, 2.75) is 26.8 Å². The summed E-state index contributed by atoms with van der Waals surface area (Å²) in [6, 6.07) is 1.97. The minimum Gasteiger partial charge on any atom is -0.361 e. The zero-order valence-electron chi connectivity index (χ0n) is 14.4. The summed E-state index contributed by atoms with van der Waals surface area (Å²) in [6.45, 7) is 5.41. The van der Waals surface area contributed by atoms with Crippen LogP contribution in [0.25, 0.3) is 0 Å². The molecule has 2 heterocycles. The van der Waals surface area contributed by atoms with Crippen molar-refractivity contribution in [2.24, 2.45) is 12.0 Å². The van der Waals surface area contributed by atoms with E-state index < -0.39 is 0 Å². The first-order chi connectivity index (χ1) is 10.9. The second kappa shape index (κ2) is 7.55. The van der Waals surface area contributed by atoms with Gasteiger partial charge in [-0.3, -0.25) is 4.99 Å². The minimum atomic E-state index is 0.730. The van der Waals surface area contributed by atoms with Gasteiger partial charge in [-0.15, -0.1) is 0 Å². The molecule has 2 aromatic heterocycles. The molecule has 0 aliphatic heterocycles. The first kappa shape index (κ1) is 17.4. The summed E-state index contributed by atoms with van der Waals surface area (Å²) in [4.78, 5) is 6.40. The van der Waals surface area contributed by atoms with Gasteiger partial charge in [-0.2, -0.15) is 0 Å². The Morgan fingerprint density at radius 2 is 2.22 bits per heavy atom. The Bertz CT molecular complexity index is 669. The molecule has 0 fully saturated rings. The monoisotopic (exact) mass is 337 g/mol. The number of hydrogen-bond donors (Lipinski definition) is 1. The highest BCUT2D eigenvalue weighted by molar-refractivity contribution is 6.30. The smallest absolute Gasteiger partial charge is 0.193 e. The van der Waals surface area contributed by atoms with Crippen LogP contribution in [0.4, 0.5) is 0 Å². The van der Waals surface area contributed by atoms with Gasteiger partial charge in [0.15, 0.2) is 5.96 Å². The summed E-state index contributed by atoms with van der Waals surface area (Å²) in [5, 5.41) is 8.10. The maximum atomic E-state index is 6.03. The van der Waals surface area contributed by atoms with E-state index in [1.807, 2.05) is 44.8 Å². The molecular formula is C16H24ClN5O. The number of aryl methyl sites for hydroxylation is 3. The van der Waals surface area contributed by atoms with Gasteiger partial charge in [0.2, 0.25) is 0 Å². The Balaban J connectivity index is 1.91. The van der Waals surface area contributed by atoms with Crippen molar-refractivity contribution in [1.82, 2.24) is 19.9 Å². The van der Waals surface area contributed by atoms with Gasteiger partial charge in [-0.1, -0.05) is 16.8 Å². The molecule has 0 amide bonds. The maximum absolute atomic E-state index is 6.03. The summed E-state index contributed by atoms with van der Waals surface area (Å²) >= 11 is 6.03. The lowest BCUT2D eigenvalue weighted by atomic mass is 10.1. The quantitative estimate of drug-likeness (QED) is 0.673. The predicted octanol–water partition coefficient (Wildman–Crippen LogP) is 2.53. The highest BCUT2D eigenvalue weighted by atomic mass is 35.5. The largest absolute Gasteiger partial charge is 0.361 e. The Morgan fingerprint density at radius 1 is 1.48 bits per heavy atom. The molecule has 0 radical (unpaired) electrons. The van der Waals surface area contributed by atoms with Crippen LogP contribution in [0.5, 0.6) is 0 Å². The van der Waals surface area contributed by atoms with E-state index in [1.54, 1.807) is 7.05 Å². The van der Waals surface area contributed by atoms with Crippen LogP contribution in [-0.4, -0.2) is 41.2 Å². The molecule has 0 aromatic carbocycles. The Morgan fingerprint density at radius 3 is 2.74 bits per heavy atom. The van der Waals surface area contributed by atoms with Crippen molar-refractivity contribution in [2.75, 3.05) is 20.6 Å². The second-order valence-electron chi connectivity index (χ2n) is 5.64.